The third kappa shape index (κ3) is 0.657. The second-order valence-electron chi connectivity index (χ2n) is 1.87. The normalized spacial score (nSPS) is 10.4. The first kappa shape index (κ1) is 5.61. The van der Waals surface area contributed by atoms with E-state index in [0.717, 1.165) is 11.1 Å². The van der Waals surface area contributed by atoms with Crippen molar-refractivity contribution in [3.05, 3.63) is 23.3 Å². The molecule has 0 unspecified atom stereocenters. The molecule has 0 fully saturated rings. The van der Waals surface area contributed by atoms with Gasteiger partial charge in [-0.3, -0.25) is 4.79 Å². The molecule has 50 valence electrons. The van der Waals surface area contributed by atoms with Crippen molar-refractivity contribution in [2.45, 2.75) is 0 Å². The molecule has 10 heavy (non-hydrogen) atoms. The van der Waals surface area contributed by atoms with E-state index in [1.165, 1.54) is 11.3 Å². The number of carbonyl (C=O) groups excluding carboxylic acids is 1. The van der Waals surface area contributed by atoms with Crippen LogP contribution in [0.2, 0.25) is 0 Å². The van der Waals surface area contributed by atoms with Gasteiger partial charge in [-0.15, -0.1) is 11.3 Å². The Kier molecular flexibility index (Phi) is 1.07. The molecular formula is C6H4N2OS. The van der Waals surface area contributed by atoms with Gasteiger partial charge in [0.15, 0.2) is 6.29 Å². The molecule has 0 aliphatic carbocycles. The van der Waals surface area contributed by atoms with Gasteiger partial charge < -0.3 is 0 Å². The number of fused-ring (bicyclic) bond motifs is 1. The molecule has 0 saturated heterocycles. The lowest BCUT2D eigenvalue weighted by molar-refractivity contribution is 0.112. The smallest absolute Gasteiger partial charge is 0.161 e. The first-order valence-corrected chi connectivity index (χ1v) is 3.60. The number of aromatic nitrogens is 2. The van der Waals surface area contributed by atoms with Gasteiger partial charge in [-0.25, -0.2) is 4.52 Å². The molecule has 0 aliphatic heterocycles. The van der Waals surface area contributed by atoms with E-state index in [0.29, 0.717) is 4.88 Å². The van der Waals surface area contributed by atoms with Crippen LogP contribution in [0.25, 0.3) is 4.83 Å². The number of hydrogen-bond acceptors (Lipinski definition) is 3. The van der Waals surface area contributed by atoms with Gasteiger partial charge in [0.1, 0.15) is 4.83 Å². The maximum atomic E-state index is 10.2. The van der Waals surface area contributed by atoms with Gasteiger partial charge in [0.05, 0.1) is 17.3 Å². The van der Waals surface area contributed by atoms with Crippen molar-refractivity contribution >= 4 is 22.5 Å². The highest BCUT2D eigenvalue weighted by Gasteiger charge is 1.98. The zero-order valence-corrected chi connectivity index (χ0v) is 5.84. The molecule has 0 aliphatic rings. The van der Waals surface area contributed by atoms with Gasteiger partial charge in [-0.1, -0.05) is 0 Å². The van der Waals surface area contributed by atoms with Gasteiger partial charge in [0, 0.05) is 0 Å². The van der Waals surface area contributed by atoms with Gasteiger partial charge in [0.25, 0.3) is 0 Å². The van der Waals surface area contributed by atoms with Crippen LogP contribution in [-0.2, 0) is 0 Å². The SMILES string of the molecule is O=Cc1cn2nccc2s1. The Morgan fingerprint density at radius 1 is 1.70 bits per heavy atom. The number of nitrogens with zero attached hydrogens (tertiary/aromatic N) is 2. The summed E-state index contributed by atoms with van der Waals surface area (Å²) in [6.07, 6.45) is 4.26. The van der Waals surface area contributed by atoms with E-state index in [1.54, 1.807) is 16.9 Å². The molecule has 2 aromatic heterocycles. The van der Waals surface area contributed by atoms with Crippen LogP contribution < -0.4 is 0 Å². The Labute approximate surface area is 60.9 Å². The number of aldehydes is 1. The van der Waals surface area contributed by atoms with Crippen LogP contribution in [0.3, 0.4) is 0 Å². The fourth-order valence-electron chi connectivity index (χ4n) is 0.802. The zero-order valence-electron chi connectivity index (χ0n) is 5.02. The molecule has 0 radical (unpaired) electrons. The molecule has 2 heterocycles. The Morgan fingerprint density at radius 2 is 2.60 bits per heavy atom. The van der Waals surface area contributed by atoms with E-state index in [2.05, 4.69) is 5.10 Å². The lowest BCUT2D eigenvalue weighted by Crippen LogP contribution is -1.77. The Bertz CT molecular complexity index is 334. The minimum atomic E-state index is 0.711. The topological polar surface area (TPSA) is 34.4 Å². The monoisotopic (exact) mass is 152 g/mol. The standard InChI is InChI=1S/C6H4N2OS/c9-4-5-3-8-6(10-5)1-2-7-8/h1-4H. The van der Waals surface area contributed by atoms with Crippen molar-refractivity contribution in [2.75, 3.05) is 0 Å². The summed E-state index contributed by atoms with van der Waals surface area (Å²) >= 11 is 1.44. The summed E-state index contributed by atoms with van der Waals surface area (Å²) in [4.78, 5) is 12.0. The lowest BCUT2D eigenvalue weighted by Gasteiger charge is -1.72. The highest BCUT2D eigenvalue weighted by molar-refractivity contribution is 7.18. The molecule has 0 saturated carbocycles. The van der Waals surface area contributed by atoms with E-state index in [-0.39, 0.29) is 0 Å². The van der Waals surface area contributed by atoms with Crippen molar-refractivity contribution in [1.29, 1.82) is 0 Å². The van der Waals surface area contributed by atoms with E-state index in [4.69, 9.17) is 0 Å². The van der Waals surface area contributed by atoms with Crippen LogP contribution in [0.4, 0.5) is 0 Å². The largest absolute Gasteiger partial charge is 0.297 e. The number of hydrogen-bond donors (Lipinski definition) is 0. The van der Waals surface area contributed by atoms with E-state index in [9.17, 15) is 4.79 Å². The van der Waals surface area contributed by atoms with E-state index < -0.39 is 0 Å². The van der Waals surface area contributed by atoms with Crippen LogP contribution in [0, 0.1) is 0 Å². The molecule has 0 spiro atoms. The van der Waals surface area contributed by atoms with Crippen LogP contribution in [0.5, 0.6) is 0 Å². The van der Waals surface area contributed by atoms with E-state index >= 15 is 0 Å². The summed E-state index contributed by atoms with van der Waals surface area (Å²) in [5.41, 5.74) is 0. The van der Waals surface area contributed by atoms with Crippen molar-refractivity contribution in [3.63, 3.8) is 0 Å². The minimum Gasteiger partial charge on any atom is -0.297 e. The maximum Gasteiger partial charge on any atom is 0.161 e. The van der Waals surface area contributed by atoms with Crippen molar-refractivity contribution in [2.24, 2.45) is 0 Å². The maximum absolute atomic E-state index is 10.2. The Hall–Kier alpha value is -1.16. The molecular weight excluding hydrogens is 148 g/mol. The minimum absolute atomic E-state index is 0.711. The second kappa shape index (κ2) is 1.91. The van der Waals surface area contributed by atoms with Crippen molar-refractivity contribution < 1.29 is 4.79 Å². The van der Waals surface area contributed by atoms with Gasteiger partial charge in [-0.2, -0.15) is 5.10 Å². The van der Waals surface area contributed by atoms with E-state index in [1.807, 2.05) is 6.07 Å². The molecule has 2 aromatic rings. The zero-order chi connectivity index (χ0) is 6.97. The van der Waals surface area contributed by atoms with Crippen LogP contribution in [0.15, 0.2) is 18.5 Å². The van der Waals surface area contributed by atoms with Crippen molar-refractivity contribution in [3.8, 4) is 0 Å². The molecule has 2 rings (SSSR count). The molecule has 0 amide bonds. The third-order valence-electron chi connectivity index (χ3n) is 1.22. The predicted octanol–water partition coefficient (Wildman–Crippen LogP) is 1.21. The number of rotatable bonds is 1. The first-order chi connectivity index (χ1) is 4.90. The number of thiazole rings is 1. The van der Waals surface area contributed by atoms with Gasteiger partial charge in [0.2, 0.25) is 0 Å². The Balaban J connectivity index is 2.78. The molecule has 0 atom stereocenters. The van der Waals surface area contributed by atoms with Crippen LogP contribution in [0.1, 0.15) is 9.67 Å². The Morgan fingerprint density at radius 3 is 3.30 bits per heavy atom. The molecule has 0 aromatic carbocycles. The van der Waals surface area contributed by atoms with Crippen LogP contribution in [-0.4, -0.2) is 15.9 Å². The summed E-state index contributed by atoms with van der Waals surface area (Å²) in [5, 5.41) is 3.96. The summed E-state index contributed by atoms with van der Waals surface area (Å²) in [6, 6.07) is 1.87. The fourth-order valence-corrected chi connectivity index (χ4v) is 1.57. The summed E-state index contributed by atoms with van der Waals surface area (Å²) in [5.74, 6) is 0. The van der Waals surface area contributed by atoms with Crippen molar-refractivity contribution in [1.82, 2.24) is 9.61 Å². The highest BCUT2D eigenvalue weighted by Crippen LogP contribution is 2.14. The first-order valence-electron chi connectivity index (χ1n) is 2.78. The highest BCUT2D eigenvalue weighted by atomic mass is 32.1. The average molecular weight is 152 g/mol. The molecule has 0 bridgehead atoms. The quantitative estimate of drug-likeness (QED) is 0.575. The molecule has 0 N–H and O–H groups in total. The second-order valence-corrected chi connectivity index (χ2v) is 2.96. The van der Waals surface area contributed by atoms with Gasteiger partial charge in [-0.05, 0) is 6.07 Å². The lowest BCUT2D eigenvalue weighted by atomic mass is 10.6. The summed E-state index contributed by atoms with van der Waals surface area (Å²) in [6.45, 7) is 0. The number of carbonyl (C=O) groups is 1. The molecule has 4 heteroatoms. The summed E-state index contributed by atoms with van der Waals surface area (Å²) < 4.78 is 1.69. The fraction of sp³-hybridized carbons (Fsp3) is 0. The van der Waals surface area contributed by atoms with Crippen LogP contribution >= 0.6 is 11.3 Å². The molecule has 3 nitrogen and oxygen atoms in total. The van der Waals surface area contributed by atoms with Gasteiger partial charge >= 0.3 is 0 Å². The summed E-state index contributed by atoms with van der Waals surface area (Å²) in [7, 11) is 0. The third-order valence-corrected chi connectivity index (χ3v) is 2.19. The predicted molar refractivity (Wildman–Crippen MR) is 38.5 cm³/mol. The average Bonchev–Trinajstić information content (AvgIpc) is 2.42.